The van der Waals surface area contributed by atoms with Gasteiger partial charge in [0.05, 0.1) is 0 Å². The normalized spacial score (nSPS) is 9.40. The summed E-state index contributed by atoms with van der Waals surface area (Å²) in [6.45, 7) is 1.75. The fourth-order valence-corrected chi connectivity index (χ4v) is 0.686. The summed E-state index contributed by atoms with van der Waals surface area (Å²) in [6.07, 6.45) is 0. The van der Waals surface area contributed by atoms with Crippen LogP contribution in [0, 0.1) is 17.6 Å². The van der Waals surface area contributed by atoms with Crippen LogP contribution in [0.2, 0.25) is 0 Å². The monoisotopic (exact) mass is 139 g/mol. The molecule has 0 spiro atoms. The first kappa shape index (κ1) is 6.86. The lowest BCUT2D eigenvalue weighted by atomic mass is 10.2. The average Bonchev–Trinajstić information content (AvgIpc) is 1.88. The summed E-state index contributed by atoms with van der Waals surface area (Å²) in [7, 11) is 0. The van der Waals surface area contributed by atoms with Crippen LogP contribution in [-0.2, 0) is 0 Å². The molecule has 0 aliphatic heterocycles. The molecular formula is C7H6FNO. The molecule has 0 aromatic heterocycles. The largest absolute Gasteiger partial charge is 0.204 e. The van der Waals surface area contributed by atoms with Gasteiger partial charge in [-0.1, -0.05) is 6.07 Å². The van der Waals surface area contributed by atoms with E-state index in [1.54, 1.807) is 13.0 Å². The van der Waals surface area contributed by atoms with Crippen molar-refractivity contribution >= 4 is 5.69 Å². The van der Waals surface area contributed by atoms with Crippen LogP contribution in [0.3, 0.4) is 0 Å². The minimum Gasteiger partial charge on any atom is -0.204 e. The molecular weight excluding hydrogens is 133 g/mol. The lowest BCUT2D eigenvalue weighted by Crippen LogP contribution is -1.76. The first-order valence-electron chi connectivity index (χ1n) is 2.83. The van der Waals surface area contributed by atoms with E-state index in [1.165, 1.54) is 12.1 Å². The van der Waals surface area contributed by atoms with Crippen LogP contribution in [-0.4, -0.2) is 0 Å². The third-order valence-corrected chi connectivity index (χ3v) is 1.20. The summed E-state index contributed by atoms with van der Waals surface area (Å²) < 4.78 is 12.6. The highest BCUT2D eigenvalue weighted by Gasteiger charge is 1.99. The van der Waals surface area contributed by atoms with Gasteiger partial charge in [-0.25, -0.2) is 4.39 Å². The highest BCUT2D eigenvalue weighted by Crippen LogP contribution is 2.17. The molecule has 0 saturated heterocycles. The summed E-state index contributed by atoms with van der Waals surface area (Å²) in [5.74, 6) is -0.560. The topological polar surface area (TPSA) is 29.4 Å². The molecule has 10 heavy (non-hydrogen) atoms. The number of nitrogens with zero attached hydrogens (tertiary/aromatic N) is 1. The van der Waals surface area contributed by atoms with Crippen molar-refractivity contribution in [1.29, 1.82) is 0 Å². The maximum absolute atomic E-state index is 12.6. The molecule has 0 saturated carbocycles. The molecule has 1 rings (SSSR count). The van der Waals surface area contributed by atoms with Gasteiger partial charge in [0.1, 0.15) is 5.69 Å². The predicted molar refractivity (Wildman–Crippen MR) is 36.6 cm³/mol. The molecule has 0 unspecified atom stereocenters. The Morgan fingerprint density at radius 3 is 2.70 bits per heavy atom. The Hall–Kier alpha value is -1.25. The molecule has 52 valence electrons. The maximum atomic E-state index is 12.6. The Balaban J connectivity index is 3.19. The van der Waals surface area contributed by atoms with E-state index in [4.69, 9.17) is 0 Å². The summed E-state index contributed by atoms with van der Waals surface area (Å²) in [4.78, 5) is 9.85. The van der Waals surface area contributed by atoms with Crippen molar-refractivity contribution < 1.29 is 4.39 Å². The molecule has 0 atom stereocenters. The van der Waals surface area contributed by atoms with Crippen molar-refractivity contribution in [2.24, 2.45) is 5.18 Å². The van der Waals surface area contributed by atoms with Crippen molar-refractivity contribution in [2.75, 3.05) is 0 Å². The third-order valence-electron chi connectivity index (χ3n) is 1.20. The molecule has 3 heteroatoms. The van der Waals surface area contributed by atoms with Gasteiger partial charge in [-0.15, -0.1) is 4.91 Å². The van der Waals surface area contributed by atoms with Gasteiger partial charge in [0, 0.05) is 0 Å². The molecule has 0 aliphatic rings. The van der Waals surface area contributed by atoms with Crippen molar-refractivity contribution in [3.05, 3.63) is 34.5 Å². The number of halogens is 1. The van der Waals surface area contributed by atoms with Crippen molar-refractivity contribution in [3.8, 4) is 0 Å². The standard InChI is InChI=1S/C7H6FNO/c1-5-2-3-7(9-10)6(8)4-5/h2-4H,1H3. The second kappa shape index (κ2) is 2.56. The van der Waals surface area contributed by atoms with E-state index in [1.807, 2.05) is 0 Å². The number of nitroso groups, excluding NO2 is 1. The zero-order valence-corrected chi connectivity index (χ0v) is 5.47. The Bertz CT molecular complexity index is 260. The fourth-order valence-electron chi connectivity index (χ4n) is 0.686. The first-order valence-corrected chi connectivity index (χ1v) is 2.83. The number of benzene rings is 1. The van der Waals surface area contributed by atoms with Gasteiger partial charge in [0.25, 0.3) is 0 Å². The van der Waals surface area contributed by atoms with Gasteiger partial charge >= 0.3 is 0 Å². The van der Waals surface area contributed by atoms with Crippen LogP contribution in [0.15, 0.2) is 23.4 Å². The van der Waals surface area contributed by atoms with Crippen molar-refractivity contribution in [1.82, 2.24) is 0 Å². The Kier molecular flexibility index (Phi) is 1.76. The second-order valence-corrected chi connectivity index (χ2v) is 2.05. The third kappa shape index (κ3) is 1.18. The van der Waals surface area contributed by atoms with Crippen LogP contribution in [0.5, 0.6) is 0 Å². The minimum absolute atomic E-state index is 0.134. The zero-order valence-electron chi connectivity index (χ0n) is 5.47. The molecule has 0 fully saturated rings. The highest BCUT2D eigenvalue weighted by molar-refractivity contribution is 5.39. The van der Waals surface area contributed by atoms with Gasteiger partial charge < -0.3 is 0 Å². The Labute approximate surface area is 57.7 Å². The lowest BCUT2D eigenvalue weighted by Gasteiger charge is -1.92. The van der Waals surface area contributed by atoms with E-state index in [0.717, 1.165) is 5.56 Å². The molecule has 2 nitrogen and oxygen atoms in total. The van der Waals surface area contributed by atoms with Gasteiger partial charge in [-0.05, 0) is 29.8 Å². The van der Waals surface area contributed by atoms with Gasteiger partial charge in [-0.3, -0.25) is 0 Å². The smallest absolute Gasteiger partial charge is 0.152 e. The molecule has 1 aromatic rings. The number of rotatable bonds is 1. The van der Waals surface area contributed by atoms with Crippen LogP contribution in [0.25, 0.3) is 0 Å². The van der Waals surface area contributed by atoms with Crippen molar-refractivity contribution in [3.63, 3.8) is 0 Å². The zero-order chi connectivity index (χ0) is 7.56. The SMILES string of the molecule is Cc1ccc(N=O)c(F)c1. The summed E-state index contributed by atoms with van der Waals surface area (Å²) in [5, 5.41) is 2.49. The summed E-state index contributed by atoms with van der Waals surface area (Å²) in [5.41, 5.74) is 0.649. The molecule has 0 heterocycles. The molecule has 0 radical (unpaired) electrons. The van der Waals surface area contributed by atoms with E-state index in [2.05, 4.69) is 5.18 Å². The molecule has 1 aromatic carbocycles. The minimum atomic E-state index is -0.560. The van der Waals surface area contributed by atoms with E-state index in [9.17, 15) is 9.30 Å². The highest BCUT2D eigenvalue weighted by atomic mass is 19.1. The molecule has 0 bridgehead atoms. The van der Waals surface area contributed by atoms with E-state index in [0.29, 0.717) is 0 Å². The second-order valence-electron chi connectivity index (χ2n) is 2.05. The fraction of sp³-hybridized carbons (Fsp3) is 0.143. The van der Waals surface area contributed by atoms with E-state index >= 15 is 0 Å². The first-order chi connectivity index (χ1) is 4.74. The Morgan fingerprint density at radius 2 is 2.20 bits per heavy atom. The van der Waals surface area contributed by atoms with Crippen LogP contribution in [0.4, 0.5) is 10.1 Å². The van der Waals surface area contributed by atoms with E-state index < -0.39 is 5.82 Å². The van der Waals surface area contributed by atoms with Gasteiger partial charge in [-0.2, -0.15) is 0 Å². The molecule has 0 amide bonds. The average molecular weight is 139 g/mol. The van der Waals surface area contributed by atoms with Gasteiger partial charge in [0.2, 0.25) is 0 Å². The molecule has 0 N–H and O–H groups in total. The van der Waals surface area contributed by atoms with E-state index in [-0.39, 0.29) is 5.69 Å². The predicted octanol–water partition coefficient (Wildman–Crippen LogP) is 2.53. The van der Waals surface area contributed by atoms with Crippen LogP contribution >= 0.6 is 0 Å². The Morgan fingerprint density at radius 1 is 1.50 bits per heavy atom. The summed E-state index contributed by atoms with van der Waals surface area (Å²) in [6, 6.07) is 4.27. The van der Waals surface area contributed by atoms with Crippen LogP contribution in [0.1, 0.15) is 5.56 Å². The number of aryl methyl sites for hydroxylation is 1. The van der Waals surface area contributed by atoms with Gasteiger partial charge in [0.15, 0.2) is 5.82 Å². The number of hydrogen-bond donors (Lipinski definition) is 0. The van der Waals surface area contributed by atoms with Crippen molar-refractivity contribution in [2.45, 2.75) is 6.92 Å². The van der Waals surface area contributed by atoms with Crippen LogP contribution < -0.4 is 0 Å². The molecule has 0 aliphatic carbocycles. The lowest BCUT2D eigenvalue weighted by molar-refractivity contribution is 0.628. The quantitative estimate of drug-likeness (QED) is 0.549. The number of hydrogen-bond acceptors (Lipinski definition) is 2. The summed E-state index contributed by atoms with van der Waals surface area (Å²) >= 11 is 0. The maximum Gasteiger partial charge on any atom is 0.152 e.